The van der Waals surface area contributed by atoms with E-state index in [-0.39, 0.29) is 23.0 Å². The normalized spacial score (nSPS) is 17.0. The van der Waals surface area contributed by atoms with Gasteiger partial charge in [0.2, 0.25) is 0 Å². The topological polar surface area (TPSA) is 67.7 Å². The van der Waals surface area contributed by atoms with Gasteiger partial charge in [-0.3, -0.25) is 19.1 Å². The second-order valence-electron chi connectivity index (χ2n) is 9.07. The molecule has 0 saturated carbocycles. The van der Waals surface area contributed by atoms with Gasteiger partial charge < -0.3 is 9.64 Å². The number of fused-ring (bicyclic) bond motifs is 2. The second kappa shape index (κ2) is 9.46. The number of hydrogen-bond acceptors (Lipinski definition) is 6. The van der Waals surface area contributed by atoms with Gasteiger partial charge in [0.1, 0.15) is 10.7 Å². The monoisotopic (exact) mass is 484 g/mol. The van der Waals surface area contributed by atoms with Crippen LogP contribution in [0.3, 0.4) is 0 Å². The van der Waals surface area contributed by atoms with Crippen LogP contribution in [0.25, 0.3) is 10.2 Å². The quantitative estimate of drug-likeness (QED) is 0.566. The lowest BCUT2D eigenvalue weighted by molar-refractivity contribution is 0.0632. The Morgan fingerprint density at radius 2 is 1.94 bits per heavy atom. The van der Waals surface area contributed by atoms with Crippen molar-refractivity contribution in [3.63, 3.8) is 0 Å². The maximum absolute atomic E-state index is 14.0. The summed E-state index contributed by atoms with van der Waals surface area (Å²) in [6.07, 6.45) is 3.95. The van der Waals surface area contributed by atoms with Crippen molar-refractivity contribution in [2.24, 2.45) is 0 Å². The first-order valence-corrected chi connectivity index (χ1v) is 12.6. The molecule has 0 atom stereocenters. The first-order valence-electron chi connectivity index (χ1n) is 11.8. The van der Waals surface area contributed by atoms with Crippen molar-refractivity contribution in [2.75, 3.05) is 33.3 Å². The second-order valence-corrected chi connectivity index (χ2v) is 10.1. The van der Waals surface area contributed by atoms with Crippen LogP contribution in [0.1, 0.15) is 45.9 Å². The van der Waals surface area contributed by atoms with E-state index in [1.165, 1.54) is 24.5 Å². The number of nitrogens with zero attached hydrogens (tertiary/aromatic N) is 4. The lowest BCUT2D eigenvalue weighted by Gasteiger charge is -2.34. The Bertz CT molecular complexity index is 1290. The van der Waals surface area contributed by atoms with Gasteiger partial charge in [-0.25, -0.2) is 9.37 Å². The number of benzene rings is 1. The Labute approximate surface area is 201 Å². The standard InChI is InChI=1S/C25H29FN4O3S/c1-16-21-23(27-20-6-4-3-5-9-30(20)24(21)31)34-22(16)25(32)29-12-10-28(11-13-29)15-17-7-8-19(33-2)18(26)14-17/h7-8,14H,3-6,9-13,15H2,1-2H3. The fourth-order valence-corrected chi connectivity index (χ4v) is 6.09. The highest BCUT2D eigenvalue weighted by molar-refractivity contribution is 7.20. The molecule has 4 heterocycles. The summed E-state index contributed by atoms with van der Waals surface area (Å²) in [5.74, 6) is 0.688. The van der Waals surface area contributed by atoms with Crippen LogP contribution >= 0.6 is 11.3 Å². The molecule has 1 aromatic carbocycles. The Balaban J connectivity index is 1.30. The van der Waals surface area contributed by atoms with Crippen molar-refractivity contribution >= 4 is 27.5 Å². The number of aryl methyl sites for hydroxylation is 2. The lowest BCUT2D eigenvalue weighted by atomic mass is 10.1. The van der Waals surface area contributed by atoms with Crippen LogP contribution in [0.5, 0.6) is 5.75 Å². The van der Waals surface area contributed by atoms with Gasteiger partial charge in [-0.15, -0.1) is 11.3 Å². The molecule has 180 valence electrons. The fourth-order valence-electron chi connectivity index (χ4n) is 4.93. The molecule has 3 aromatic rings. The Morgan fingerprint density at radius 1 is 1.15 bits per heavy atom. The molecule has 0 bridgehead atoms. The number of ether oxygens (including phenoxy) is 1. The van der Waals surface area contributed by atoms with Gasteiger partial charge in [0.05, 0.1) is 17.4 Å². The fraction of sp³-hybridized carbons (Fsp3) is 0.480. The highest BCUT2D eigenvalue weighted by Crippen LogP contribution is 2.30. The largest absolute Gasteiger partial charge is 0.494 e. The molecule has 0 N–H and O–H groups in total. The van der Waals surface area contributed by atoms with Crippen LogP contribution in [-0.4, -0.2) is 58.5 Å². The number of rotatable bonds is 4. The van der Waals surface area contributed by atoms with Crippen LogP contribution < -0.4 is 10.3 Å². The van der Waals surface area contributed by atoms with Crippen molar-refractivity contribution in [2.45, 2.75) is 45.7 Å². The molecule has 1 fully saturated rings. The molecular weight excluding hydrogens is 455 g/mol. The zero-order valence-corrected chi connectivity index (χ0v) is 20.4. The molecule has 2 aliphatic heterocycles. The smallest absolute Gasteiger partial charge is 0.264 e. The molecule has 1 amide bonds. The molecule has 2 aliphatic rings. The lowest BCUT2D eigenvalue weighted by Crippen LogP contribution is -2.48. The van der Waals surface area contributed by atoms with E-state index in [2.05, 4.69) is 4.90 Å². The number of piperazine rings is 1. The van der Waals surface area contributed by atoms with Gasteiger partial charge in [0, 0.05) is 45.7 Å². The number of thiophene rings is 1. The molecule has 0 radical (unpaired) electrons. The number of methoxy groups -OCH3 is 1. The van der Waals surface area contributed by atoms with E-state index >= 15 is 0 Å². The minimum absolute atomic E-state index is 0.00811. The molecule has 0 unspecified atom stereocenters. The summed E-state index contributed by atoms with van der Waals surface area (Å²) in [5, 5.41) is 0.596. The van der Waals surface area contributed by atoms with E-state index in [0.717, 1.165) is 42.6 Å². The zero-order chi connectivity index (χ0) is 23.8. The average molecular weight is 485 g/mol. The van der Waals surface area contributed by atoms with Crippen LogP contribution in [0.4, 0.5) is 4.39 Å². The average Bonchev–Trinajstić information content (AvgIpc) is 3.00. The van der Waals surface area contributed by atoms with Crippen LogP contribution in [0, 0.1) is 12.7 Å². The van der Waals surface area contributed by atoms with Gasteiger partial charge >= 0.3 is 0 Å². The molecule has 9 heteroatoms. The van der Waals surface area contributed by atoms with E-state index in [0.29, 0.717) is 54.4 Å². The Morgan fingerprint density at radius 3 is 2.68 bits per heavy atom. The van der Waals surface area contributed by atoms with Gasteiger partial charge in [-0.2, -0.15) is 0 Å². The SMILES string of the molecule is COc1ccc(CN2CCN(C(=O)c3sc4nc5n(c(=O)c4c3C)CCCCC5)CC2)cc1F. The van der Waals surface area contributed by atoms with E-state index < -0.39 is 0 Å². The van der Waals surface area contributed by atoms with Crippen molar-refractivity contribution in [3.8, 4) is 5.75 Å². The Hall–Kier alpha value is -2.78. The zero-order valence-electron chi connectivity index (χ0n) is 19.6. The summed E-state index contributed by atoms with van der Waals surface area (Å²) in [6, 6.07) is 5.02. The molecule has 5 rings (SSSR count). The van der Waals surface area contributed by atoms with Crippen molar-refractivity contribution < 1.29 is 13.9 Å². The molecule has 2 aromatic heterocycles. The third-order valence-electron chi connectivity index (χ3n) is 6.89. The first-order chi connectivity index (χ1) is 16.5. The first kappa shape index (κ1) is 23.0. The van der Waals surface area contributed by atoms with Crippen molar-refractivity contribution in [1.82, 2.24) is 19.4 Å². The minimum atomic E-state index is -0.365. The summed E-state index contributed by atoms with van der Waals surface area (Å²) >= 11 is 1.35. The highest BCUT2D eigenvalue weighted by atomic mass is 32.1. The maximum atomic E-state index is 14.0. The number of carbonyl (C=O) groups is 1. The van der Waals surface area contributed by atoms with Gasteiger partial charge in [-0.05, 0) is 43.0 Å². The summed E-state index contributed by atoms with van der Waals surface area (Å²) in [6.45, 7) is 5.79. The molecule has 0 spiro atoms. The number of hydrogen-bond donors (Lipinski definition) is 0. The number of amides is 1. The summed E-state index contributed by atoms with van der Waals surface area (Å²) in [4.78, 5) is 36.7. The van der Waals surface area contributed by atoms with E-state index in [9.17, 15) is 14.0 Å². The molecule has 34 heavy (non-hydrogen) atoms. The van der Waals surface area contributed by atoms with Crippen LogP contribution in [0.2, 0.25) is 0 Å². The van der Waals surface area contributed by atoms with Crippen LogP contribution in [-0.2, 0) is 19.5 Å². The van der Waals surface area contributed by atoms with Crippen molar-refractivity contribution in [1.29, 1.82) is 0 Å². The van der Waals surface area contributed by atoms with Crippen LogP contribution in [0.15, 0.2) is 23.0 Å². The van der Waals surface area contributed by atoms with E-state index in [1.54, 1.807) is 6.07 Å². The number of halogens is 1. The summed E-state index contributed by atoms with van der Waals surface area (Å²) in [7, 11) is 1.45. The van der Waals surface area contributed by atoms with Crippen molar-refractivity contribution in [3.05, 3.63) is 56.2 Å². The Kier molecular flexibility index (Phi) is 6.40. The van der Waals surface area contributed by atoms with Gasteiger partial charge in [0.15, 0.2) is 11.6 Å². The molecular formula is C25H29FN4O3S. The highest BCUT2D eigenvalue weighted by Gasteiger charge is 2.27. The van der Waals surface area contributed by atoms with Gasteiger partial charge in [0.25, 0.3) is 11.5 Å². The summed E-state index contributed by atoms with van der Waals surface area (Å²) < 4.78 is 20.8. The predicted octanol–water partition coefficient (Wildman–Crippen LogP) is 3.60. The maximum Gasteiger partial charge on any atom is 0.264 e. The molecule has 1 saturated heterocycles. The number of carbonyl (C=O) groups excluding carboxylic acids is 1. The minimum Gasteiger partial charge on any atom is -0.494 e. The molecule has 0 aliphatic carbocycles. The van der Waals surface area contributed by atoms with Gasteiger partial charge in [-0.1, -0.05) is 12.5 Å². The number of aromatic nitrogens is 2. The van der Waals surface area contributed by atoms with E-state index in [4.69, 9.17) is 9.72 Å². The summed E-state index contributed by atoms with van der Waals surface area (Å²) in [5.41, 5.74) is 1.62. The molecule has 7 nitrogen and oxygen atoms in total. The third-order valence-corrected chi connectivity index (χ3v) is 8.06. The third kappa shape index (κ3) is 4.22. The van der Waals surface area contributed by atoms with E-state index in [1.807, 2.05) is 22.5 Å². The predicted molar refractivity (Wildman–Crippen MR) is 130 cm³/mol.